The first-order valence-electron chi connectivity index (χ1n) is 6.75. The summed E-state index contributed by atoms with van der Waals surface area (Å²) >= 11 is 1.43. The van der Waals surface area contributed by atoms with Crippen LogP contribution in [0.25, 0.3) is 0 Å². The Balaban J connectivity index is 1.71. The van der Waals surface area contributed by atoms with Gasteiger partial charge >= 0.3 is 0 Å². The first-order chi connectivity index (χ1) is 10.4. The van der Waals surface area contributed by atoms with E-state index >= 15 is 0 Å². The molecule has 0 saturated carbocycles. The maximum absolute atomic E-state index is 12.3. The fraction of sp³-hybridized carbons (Fsp3) is 0.385. The van der Waals surface area contributed by atoms with Gasteiger partial charge in [-0.1, -0.05) is 6.07 Å². The van der Waals surface area contributed by atoms with Crippen molar-refractivity contribution in [3.63, 3.8) is 0 Å². The monoisotopic (exact) mass is 340 g/mol. The molecular weight excluding hydrogens is 324 g/mol. The number of rotatable bonds is 4. The molecule has 0 aliphatic carbocycles. The summed E-state index contributed by atoms with van der Waals surface area (Å²) in [4.78, 5) is 19.2. The maximum atomic E-state index is 12.3. The van der Waals surface area contributed by atoms with Crippen molar-refractivity contribution in [2.24, 2.45) is 0 Å². The smallest absolute Gasteiger partial charge is 0.264 e. The van der Waals surface area contributed by atoms with Gasteiger partial charge in [0.25, 0.3) is 5.91 Å². The molecule has 0 unspecified atom stereocenters. The molecule has 2 aromatic rings. The molecule has 1 amide bonds. The highest BCUT2D eigenvalue weighted by Crippen LogP contribution is 2.18. The summed E-state index contributed by atoms with van der Waals surface area (Å²) < 4.78 is 26.6. The van der Waals surface area contributed by atoms with Gasteiger partial charge in [0.1, 0.15) is 5.82 Å². The second-order valence-electron chi connectivity index (χ2n) is 5.14. The number of carbonyl (C=O) groups is 1. The Kier molecular flexibility index (Phi) is 4.02. The molecule has 0 fully saturated rings. The number of imidazole rings is 1. The first-order valence-corrected chi connectivity index (χ1v) is 9.52. The van der Waals surface area contributed by atoms with E-state index < -0.39 is 10.0 Å². The van der Waals surface area contributed by atoms with E-state index in [1.54, 1.807) is 4.90 Å². The number of fused-ring (bicyclic) bond motifs is 1. The molecule has 9 heteroatoms. The number of aromatic nitrogens is 2. The van der Waals surface area contributed by atoms with E-state index in [-0.39, 0.29) is 12.5 Å². The van der Waals surface area contributed by atoms with Crippen LogP contribution in [0.15, 0.2) is 23.7 Å². The Bertz CT molecular complexity index is 780. The van der Waals surface area contributed by atoms with Gasteiger partial charge in [0.15, 0.2) is 0 Å². The molecule has 0 saturated heterocycles. The van der Waals surface area contributed by atoms with Crippen LogP contribution in [-0.4, -0.2) is 41.6 Å². The van der Waals surface area contributed by atoms with Gasteiger partial charge in [-0.2, -0.15) is 0 Å². The number of thiophene rings is 1. The minimum atomic E-state index is -3.24. The number of nitrogens with one attached hydrogen (secondary N) is 1. The largest absolute Gasteiger partial charge is 0.331 e. The van der Waals surface area contributed by atoms with Crippen LogP contribution in [-0.2, 0) is 29.7 Å². The van der Waals surface area contributed by atoms with Gasteiger partial charge < -0.3 is 9.47 Å². The van der Waals surface area contributed by atoms with Crippen molar-refractivity contribution in [2.45, 2.75) is 19.6 Å². The van der Waals surface area contributed by atoms with Crippen molar-refractivity contribution in [3.8, 4) is 0 Å². The highest BCUT2D eigenvalue weighted by atomic mass is 32.2. The van der Waals surface area contributed by atoms with Crippen LogP contribution in [0, 0.1) is 0 Å². The summed E-state index contributed by atoms with van der Waals surface area (Å²) in [5, 5.41) is 1.88. The summed E-state index contributed by atoms with van der Waals surface area (Å²) in [7, 11) is -3.24. The Morgan fingerprint density at radius 2 is 2.27 bits per heavy atom. The maximum Gasteiger partial charge on any atom is 0.264 e. The predicted molar refractivity (Wildman–Crippen MR) is 83.0 cm³/mol. The van der Waals surface area contributed by atoms with Crippen molar-refractivity contribution in [2.75, 3.05) is 12.8 Å². The third-order valence-electron chi connectivity index (χ3n) is 3.39. The molecule has 1 N–H and O–H groups in total. The second kappa shape index (κ2) is 5.82. The van der Waals surface area contributed by atoms with Crippen molar-refractivity contribution in [1.29, 1.82) is 0 Å². The standard InChI is InChI=1S/C13H16N4O3S2/c1-22(19,20)14-7-10-8-16-4-5-17(9-12(16)15-10)13(18)11-3-2-6-21-11/h2-3,6,8,14H,4-5,7,9H2,1H3. The fourth-order valence-electron chi connectivity index (χ4n) is 2.33. The number of hydrogen-bond acceptors (Lipinski definition) is 5. The highest BCUT2D eigenvalue weighted by Gasteiger charge is 2.24. The quantitative estimate of drug-likeness (QED) is 0.886. The topological polar surface area (TPSA) is 84.3 Å². The average Bonchev–Trinajstić information content (AvgIpc) is 3.11. The van der Waals surface area contributed by atoms with Crippen molar-refractivity contribution in [3.05, 3.63) is 40.1 Å². The molecule has 0 radical (unpaired) electrons. The zero-order chi connectivity index (χ0) is 15.7. The highest BCUT2D eigenvalue weighted by molar-refractivity contribution is 7.88. The van der Waals surface area contributed by atoms with E-state index in [1.165, 1.54) is 11.3 Å². The molecule has 3 heterocycles. The van der Waals surface area contributed by atoms with Gasteiger partial charge in [0, 0.05) is 19.3 Å². The molecular formula is C13H16N4O3S2. The predicted octanol–water partition coefficient (Wildman–Crippen LogP) is 0.650. The molecule has 1 aliphatic rings. The average molecular weight is 340 g/mol. The van der Waals surface area contributed by atoms with Crippen LogP contribution < -0.4 is 4.72 Å². The number of nitrogens with zero attached hydrogens (tertiary/aromatic N) is 3. The molecule has 1 aliphatic heterocycles. The van der Waals surface area contributed by atoms with E-state index in [0.717, 1.165) is 17.0 Å². The van der Waals surface area contributed by atoms with Gasteiger partial charge in [-0.15, -0.1) is 11.3 Å². The van der Waals surface area contributed by atoms with Crippen molar-refractivity contribution < 1.29 is 13.2 Å². The number of hydrogen-bond donors (Lipinski definition) is 1. The molecule has 7 nitrogen and oxygen atoms in total. The van der Waals surface area contributed by atoms with E-state index in [2.05, 4.69) is 9.71 Å². The van der Waals surface area contributed by atoms with Crippen molar-refractivity contribution in [1.82, 2.24) is 19.2 Å². The van der Waals surface area contributed by atoms with Gasteiger partial charge in [-0.3, -0.25) is 4.79 Å². The summed E-state index contributed by atoms with van der Waals surface area (Å²) in [5.74, 6) is 0.793. The van der Waals surface area contributed by atoms with Gasteiger partial charge in [0.05, 0.1) is 29.9 Å². The Morgan fingerprint density at radius 1 is 1.45 bits per heavy atom. The van der Waals surface area contributed by atoms with Crippen LogP contribution >= 0.6 is 11.3 Å². The van der Waals surface area contributed by atoms with E-state index in [9.17, 15) is 13.2 Å². The summed E-state index contributed by atoms with van der Waals surface area (Å²) in [6.07, 6.45) is 2.95. The van der Waals surface area contributed by atoms with Gasteiger partial charge in [-0.05, 0) is 11.4 Å². The lowest BCUT2D eigenvalue weighted by molar-refractivity contribution is 0.0712. The normalized spacial score (nSPS) is 14.9. The van der Waals surface area contributed by atoms with Crippen LogP contribution in [0.5, 0.6) is 0 Å². The second-order valence-corrected chi connectivity index (χ2v) is 7.92. The van der Waals surface area contributed by atoms with Crippen molar-refractivity contribution >= 4 is 27.3 Å². The van der Waals surface area contributed by atoms with Gasteiger partial charge in [0.2, 0.25) is 10.0 Å². The SMILES string of the molecule is CS(=O)(=O)NCc1cn2c(n1)CN(C(=O)c1cccs1)CC2. The Labute approximate surface area is 132 Å². The summed E-state index contributed by atoms with van der Waals surface area (Å²) in [6.45, 7) is 1.89. The number of carbonyl (C=O) groups excluding carboxylic acids is 1. The van der Waals surface area contributed by atoms with Gasteiger partial charge in [-0.25, -0.2) is 18.1 Å². The Hall–Kier alpha value is -1.71. The van der Waals surface area contributed by atoms with Crippen LogP contribution in [0.1, 0.15) is 21.2 Å². The van der Waals surface area contributed by atoms with Crippen LogP contribution in [0.4, 0.5) is 0 Å². The minimum Gasteiger partial charge on any atom is -0.331 e. The van der Waals surface area contributed by atoms with E-state index in [1.807, 2.05) is 28.3 Å². The molecule has 118 valence electrons. The third-order valence-corrected chi connectivity index (χ3v) is 4.91. The summed E-state index contributed by atoms with van der Waals surface area (Å²) in [6, 6.07) is 3.67. The molecule has 0 spiro atoms. The molecule has 2 aromatic heterocycles. The molecule has 3 rings (SSSR count). The zero-order valence-corrected chi connectivity index (χ0v) is 13.7. The molecule has 0 bridgehead atoms. The first kappa shape index (κ1) is 15.2. The summed E-state index contributed by atoms with van der Waals surface area (Å²) in [5.41, 5.74) is 0.658. The lowest BCUT2D eigenvalue weighted by Gasteiger charge is -2.27. The molecule has 22 heavy (non-hydrogen) atoms. The molecule has 0 atom stereocenters. The number of amides is 1. The fourth-order valence-corrected chi connectivity index (χ4v) is 3.43. The minimum absolute atomic E-state index is 0.0139. The third kappa shape index (κ3) is 3.37. The van der Waals surface area contributed by atoms with Crippen LogP contribution in [0.3, 0.4) is 0 Å². The number of sulfonamides is 1. The Morgan fingerprint density at radius 3 is 2.95 bits per heavy atom. The van der Waals surface area contributed by atoms with E-state index in [4.69, 9.17) is 0 Å². The lowest BCUT2D eigenvalue weighted by atomic mass is 10.3. The van der Waals surface area contributed by atoms with Crippen LogP contribution in [0.2, 0.25) is 0 Å². The zero-order valence-electron chi connectivity index (χ0n) is 12.0. The molecule has 0 aromatic carbocycles. The van der Waals surface area contributed by atoms with E-state index in [0.29, 0.717) is 25.3 Å². The lowest BCUT2D eigenvalue weighted by Crippen LogP contribution is -2.37.